The number of thiophene rings is 1. The van der Waals surface area contributed by atoms with E-state index in [4.69, 9.17) is 5.10 Å². The van der Waals surface area contributed by atoms with E-state index in [1.807, 2.05) is 60.7 Å². The molecule has 2 aromatic heterocycles. The van der Waals surface area contributed by atoms with Crippen LogP contribution in [0.3, 0.4) is 0 Å². The molecule has 33 heavy (non-hydrogen) atoms. The second-order valence-electron chi connectivity index (χ2n) is 7.66. The van der Waals surface area contributed by atoms with Crippen molar-refractivity contribution in [1.29, 1.82) is 0 Å². The summed E-state index contributed by atoms with van der Waals surface area (Å²) < 4.78 is 29.1. The monoisotopic (exact) mass is 478 g/mol. The van der Waals surface area contributed by atoms with Crippen LogP contribution in [0.5, 0.6) is 0 Å². The molecule has 1 amide bonds. The normalized spacial score (nSPS) is 15.0. The number of sulfonamides is 1. The van der Waals surface area contributed by atoms with Crippen molar-refractivity contribution in [3.63, 3.8) is 0 Å². The summed E-state index contributed by atoms with van der Waals surface area (Å²) in [5, 5.41) is 6.47. The molecule has 2 aromatic carbocycles. The van der Waals surface area contributed by atoms with Crippen LogP contribution in [0, 0.1) is 0 Å². The number of rotatable bonds is 5. The average Bonchev–Trinajstić information content (AvgIpc) is 3.56. The van der Waals surface area contributed by atoms with Crippen LogP contribution >= 0.6 is 11.3 Å². The Morgan fingerprint density at radius 3 is 2.15 bits per heavy atom. The van der Waals surface area contributed by atoms with Gasteiger partial charge in [-0.05, 0) is 29.6 Å². The van der Waals surface area contributed by atoms with Crippen molar-refractivity contribution in [1.82, 2.24) is 19.0 Å². The zero-order valence-electron chi connectivity index (χ0n) is 17.7. The van der Waals surface area contributed by atoms with Gasteiger partial charge in [-0.25, -0.2) is 13.1 Å². The minimum Gasteiger partial charge on any atom is -0.335 e. The minimum atomic E-state index is -3.52. The lowest BCUT2D eigenvalue weighted by atomic mass is 10.1. The van der Waals surface area contributed by atoms with Gasteiger partial charge in [-0.3, -0.25) is 4.79 Å². The van der Waals surface area contributed by atoms with Crippen LogP contribution in [0.25, 0.3) is 16.9 Å². The average molecular weight is 479 g/mol. The van der Waals surface area contributed by atoms with Crippen LogP contribution in [0.2, 0.25) is 0 Å². The smallest absolute Gasteiger partial charge is 0.272 e. The number of amides is 1. The number of hydrogen-bond donors (Lipinski definition) is 0. The third-order valence-corrected chi connectivity index (χ3v) is 8.89. The number of hydrogen-bond acceptors (Lipinski definition) is 5. The van der Waals surface area contributed by atoms with Crippen LogP contribution in [0.4, 0.5) is 0 Å². The Hall–Kier alpha value is -3.27. The summed E-state index contributed by atoms with van der Waals surface area (Å²) in [5.41, 5.74) is 2.88. The zero-order valence-corrected chi connectivity index (χ0v) is 19.4. The third-order valence-electron chi connectivity index (χ3n) is 5.61. The molecule has 0 bridgehead atoms. The Morgan fingerprint density at radius 2 is 1.52 bits per heavy atom. The van der Waals surface area contributed by atoms with Crippen molar-refractivity contribution in [2.75, 3.05) is 26.2 Å². The van der Waals surface area contributed by atoms with E-state index in [2.05, 4.69) is 0 Å². The van der Waals surface area contributed by atoms with E-state index in [0.29, 0.717) is 28.7 Å². The SMILES string of the molecule is O=C(c1cc(-c2ccccc2)nn1-c1ccccc1)N1CCN(S(=O)(=O)c2cccs2)CC1. The van der Waals surface area contributed by atoms with Gasteiger partial charge < -0.3 is 4.90 Å². The molecular weight excluding hydrogens is 456 g/mol. The van der Waals surface area contributed by atoms with Crippen molar-refractivity contribution in [3.05, 3.63) is 89.9 Å². The molecule has 0 saturated carbocycles. The Morgan fingerprint density at radius 1 is 0.848 bits per heavy atom. The van der Waals surface area contributed by atoms with E-state index >= 15 is 0 Å². The molecule has 1 fully saturated rings. The summed E-state index contributed by atoms with van der Waals surface area (Å²) in [7, 11) is -3.52. The summed E-state index contributed by atoms with van der Waals surface area (Å²) in [6, 6.07) is 24.4. The van der Waals surface area contributed by atoms with Crippen molar-refractivity contribution in [3.8, 4) is 16.9 Å². The van der Waals surface area contributed by atoms with Crippen LogP contribution in [-0.4, -0.2) is 59.5 Å². The Labute approximate surface area is 196 Å². The maximum Gasteiger partial charge on any atom is 0.272 e. The Kier molecular flexibility index (Phi) is 5.84. The first-order valence-electron chi connectivity index (χ1n) is 10.6. The summed E-state index contributed by atoms with van der Waals surface area (Å²) in [4.78, 5) is 15.2. The molecular formula is C24H22N4O3S2. The highest BCUT2D eigenvalue weighted by atomic mass is 32.2. The molecule has 0 radical (unpaired) electrons. The lowest BCUT2D eigenvalue weighted by Crippen LogP contribution is -2.50. The molecule has 4 aromatic rings. The van der Waals surface area contributed by atoms with Gasteiger partial charge in [-0.15, -0.1) is 11.3 Å². The van der Waals surface area contributed by atoms with E-state index < -0.39 is 10.0 Å². The van der Waals surface area contributed by atoms with Crippen molar-refractivity contribution in [2.45, 2.75) is 4.21 Å². The van der Waals surface area contributed by atoms with Gasteiger partial charge in [0.1, 0.15) is 9.90 Å². The molecule has 1 aliphatic rings. The quantitative estimate of drug-likeness (QED) is 0.438. The second kappa shape index (κ2) is 8.93. The maximum atomic E-state index is 13.5. The summed E-state index contributed by atoms with van der Waals surface area (Å²) in [6.45, 7) is 1.17. The highest BCUT2D eigenvalue weighted by Gasteiger charge is 2.32. The Bertz CT molecular complexity index is 1340. The minimum absolute atomic E-state index is 0.165. The molecule has 1 saturated heterocycles. The first-order chi connectivity index (χ1) is 16.0. The fourth-order valence-corrected chi connectivity index (χ4v) is 6.45. The van der Waals surface area contributed by atoms with E-state index in [-0.39, 0.29) is 19.0 Å². The van der Waals surface area contributed by atoms with Gasteiger partial charge in [0.25, 0.3) is 15.9 Å². The predicted octanol–water partition coefficient (Wildman–Crippen LogP) is 3.75. The predicted molar refractivity (Wildman–Crippen MR) is 128 cm³/mol. The van der Waals surface area contributed by atoms with Gasteiger partial charge in [-0.2, -0.15) is 9.40 Å². The molecule has 0 unspecified atom stereocenters. The lowest BCUT2D eigenvalue weighted by molar-refractivity contribution is 0.0689. The first kappa shape index (κ1) is 21.6. The molecule has 5 rings (SSSR count). The fraction of sp³-hybridized carbons (Fsp3) is 0.167. The number of nitrogens with zero attached hydrogens (tertiary/aromatic N) is 4. The van der Waals surface area contributed by atoms with Crippen LogP contribution in [-0.2, 0) is 10.0 Å². The molecule has 0 N–H and O–H groups in total. The second-order valence-corrected chi connectivity index (χ2v) is 10.8. The number of benzene rings is 2. The van der Waals surface area contributed by atoms with Crippen molar-refractivity contribution < 1.29 is 13.2 Å². The number of para-hydroxylation sites is 1. The topological polar surface area (TPSA) is 75.5 Å². The van der Waals surface area contributed by atoms with E-state index in [1.54, 1.807) is 33.2 Å². The van der Waals surface area contributed by atoms with Gasteiger partial charge in [0.2, 0.25) is 0 Å². The third kappa shape index (κ3) is 4.22. The van der Waals surface area contributed by atoms with Gasteiger partial charge in [0, 0.05) is 31.7 Å². The number of carbonyl (C=O) groups is 1. The Balaban J connectivity index is 1.41. The van der Waals surface area contributed by atoms with Crippen molar-refractivity contribution >= 4 is 27.3 Å². The standard InChI is InChI=1S/C24H22N4O3S2/c29-24(26-13-15-27(16-14-26)33(30,31)23-12-7-17-32-23)22-18-21(19-8-3-1-4-9-19)25-28(22)20-10-5-2-6-11-20/h1-12,17-18H,13-16H2. The number of aromatic nitrogens is 2. The fourth-order valence-electron chi connectivity index (χ4n) is 3.88. The molecule has 7 nitrogen and oxygen atoms in total. The van der Waals surface area contributed by atoms with Gasteiger partial charge in [0.15, 0.2) is 0 Å². The van der Waals surface area contributed by atoms with E-state index in [1.165, 1.54) is 15.6 Å². The lowest BCUT2D eigenvalue weighted by Gasteiger charge is -2.33. The molecule has 0 spiro atoms. The number of piperazine rings is 1. The van der Waals surface area contributed by atoms with Gasteiger partial charge in [-0.1, -0.05) is 54.6 Å². The van der Waals surface area contributed by atoms with Crippen LogP contribution < -0.4 is 0 Å². The summed E-state index contributed by atoms with van der Waals surface area (Å²) >= 11 is 1.21. The van der Waals surface area contributed by atoms with E-state index in [0.717, 1.165) is 11.3 Å². The molecule has 1 aliphatic heterocycles. The summed E-state index contributed by atoms with van der Waals surface area (Å²) in [5.74, 6) is -0.165. The van der Waals surface area contributed by atoms with E-state index in [9.17, 15) is 13.2 Å². The van der Waals surface area contributed by atoms with Gasteiger partial charge in [0.05, 0.1) is 11.4 Å². The van der Waals surface area contributed by atoms with Crippen LogP contribution in [0.15, 0.2) is 88.5 Å². The molecule has 3 heterocycles. The summed E-state index contributed by atoms with van der Waals surface area (Å²) in [6.07, 6.45) is 0. The zero-order chi connectivity index (χ0) is 22.8. The molecule has 0 atom stereocenters. The molecule has 168 valence electrons. The molecule has 0 aliphatic carbocycles. The largest absolute Gasteiger partial charge is 0.335 e. The van der Waals surface area contributed by atoms with Crippen LogP contribution in [0.1, 0.15) is 10.5 Å². The first-order valence-corrected chi connectivity index (χ1v) is 12.9. The number of carbonyl (C=O) groups excluding carboxylic acids is 1. The molecule has 9 heteroatoms. The van der Waals surface area contributed by atoms with Crippen molar-refractivity contribution in [2.24, 2.45) is 0 Å². The maximum absolute atomic E-state index is 13.5. The highest BCUT2D eigenvalue weighted by molar-refractivity contribution is 7.91. The highest BCUT2D eigenvalue weighted by Crippen LogP contribution is 2.25. The van der Waals surface area contributed by atoms with Gasteiger partial charge >= 0.3 is 0 Å².